The summed E-state index contributed by atoms with van der Waals surface area (Å²) < 4.78 is 23.4. The molecule has 6 unspecified atom stereocenters. The second kappa shape index (κ2) is 26.9. The fourth-order valence-corrected chi connectivity index (χ4v) is 12.4. The van der Waals surface area contributed by atoms with E-state index in [1.165, 1.54) is 70.6 Å². The Morgan fingerprint density at radius 3 is 1.41 bits per heavy atom. The standard InChI is InChI=1S/C50H84O11/c51-48(52)46-33-40(31-38-7-3-1-4-8-38)11-17-42(46)35-59-61-44-20-14-37(15-21-44)24-26-57-28-30-58-29-27-56-25-23-36-12-18-43(19-13-36)60-50(55)45-22-16-41(34-47(45)49(53)54)32-39-9-5-2-6-10-39/h36-47H,1-35H2,(H,51,52)(H,53,54). The van der Waals surface area contributed by atoms with Gasteiger partial charge < -0.3 is 29.2 Å². The monoisotopic (exact) mass is 861 g/mol. The number of carbonyl (C=O) groups excluding carboxylic acids is 1. The highest BCUT2D eigenvalue weighted by Crippen LogP contribution is 2.42. The van der Waals surface area contributed by atoms with Gasteiger partial charge in [0.05, 0.1) is 56.9 Å². The number of hydrogen-bond acceptors (Lipinski definition) is 9. The first-order valence-corrected chi connectivity index (χ1v) is 25.5. The van der Waals surface area contributed by atoms with Gasteiger partial charge in [-0.3, -0.25) is 14.4 Å². The molecule has 6 fully saturated rings. The van der Waals surface area contributed by atoms with E-state index in [9.17, 15) is 24.6 Å². The Kier molecular flexibility index (Phi) is 21.4. The normalized spacial score (nSPS) is 33.2. The van der Waals surface area contributed by atoms with Gasteiger partial charge in [0.25, 0.3) is 0 Å². The number of aliphatic carboxylic acids is 2. The van der Waals surface area contributed by atoms with Crippen LogP contribution in [0.2, 0.25) is 0 Å². The summed E-state index contributed by atoms with van der Waals surface area (Å²) >= 11 is 0. The molecule has 6 saturated carbocycles. The zero-order valence-corrected chi connectivity index (χ0v) is 37.7. The van der Waals surface area contributed by atoms with Crippen LogP contribution in [0.5, 0.6) is 0 Å². The van der Waals surface area contributed by atoms with Crippen molar-refractivity contribution >= 4 is 17.9 Å². The number of ether oxygens (including phenoxy) is 4. The number of carboxylic acid groups (broad SMARTS) is 2. The van der Waals surface area contributed by atoms with Crippen molar-refractivity contribution in [2.75, 3.05) is 46.2 Å². The van der Waals surface area contributed by atoms with Gasteiger partial charge in [-0.15, -0.1) is 0 Å². The number of carbonyl (C=O) groups is 3. The van der Waals surface area contributed by atoms with Gasteiger partial charge in [0.2, 0.25) is 0 Å². The van der Waals surface area contributed by atoms with Gasteiger partial charge in [-0.05, 0) is 151 Å². The summed E-state index contributed by atoms with van der Waals surface area (Å²) in [5.41, 5.74) is 0. The molecule has 11 nitrogen and oxygen atoms in total. The molecule has 6 aliphatic rings. The lowest BCUT2D eigenvalue weighted by Gasteiger charge is -2.36. The zero-order valence-electron chi connectivity index (χ0n) is 37.7. The van der Waals surface area contributed by atoms with Crippen molar-refractivity contribution in [2.24, 2.45) is 59.2 Å². The van der Waals surface area contributed by atoms with Crippen LogP contribution in [0.3, 0.4) is 0 Å². The number of esters is 1. The van der Waals surface area contributed by atoms with E-state index < -0.39 is 23.8 Å². The molecule has 6 rings (SSSR count). The summed E-state index contributed by atoms with van der Waals surface area (Å²) in [7, 11) is 0. The Balaban J connectivity index is 0.707. The van der Waals surface area contributed by atoms with E-state index in [1.54, 1.807) is 0 Å². The first kappa shape index (κ1) is 48.7. The average molecular weight is 861 g/mol. The van der Waals surface area contributed by atoms with Gasteiger partial charge in [0, 0.05) is 13.2 Å². The molecule has 0 bridgehead atoms. The molecule has 11 heteroatoms. The van der Waals surface area contributed by atoms with Crippen molar-refractivity contribution in [2.45, 2.75) is 192 Å². The third-order valence-corrected chi connectivity index (χ3v) is 16.2. The number of rotatable bonds is 24. The van der Waals surface area contributed by atoms with Crippen LogP contribution in [-0.4, -0.2) is 86.6 Å². The Hall–Kier alpha value is -1.79. The van der Waals surface area contributed by atoms with Crippen LogP contribution >= 0.6 is 0 Å². The predicted molar refractivity (Wildman–Crippen MR) is 233 cm³/mol. The molecule has 0 spiro atoms. The minimum atomic E-state index is -0.834. The van der Waals surface area contributed by atoms with E-state index >= 15 is 0 Å². The van der Waals surface area contributed by atoms with Crippen molar-refractivity contribution in [3.63, 3.8) is 0 Å². The van der Waals surface area contributed by atoms with Crippen LogP contribution in [0.25, 0.3) is 0 Å². The summed E-state index contributed by atoms with van der Waals surface area (Å²) in [6.07, 6.45) is 30.5. The first-order valence-electron chi connectivity index (χ1n) is 25.5. The molecule has 2 N–H and O–H groups in total. The van der Waals surface area contributed by atoms with Gasteiger partial charge in [0.1, 0.15) is 6.10 Å². The van der Waals surface area contributed by atoms with Crippen molar-refractivity contribution in [3.05, 3.63) is 0 Å². The lowest BCUT2D eigenvalue weighted by Crippen LogP contribution is -2.39. The fourth-order valence-electron chi connectivity index (χ4n) is 12.4. The Labute approximate surface area is 367 Å². The Bertz CT molecular complexity index is 1250. The SMILES string of the molecule is O=C(O)C1CC(CC2CCCCC2)CCC1COOC1CCC(CCOCCOCCOCCC2CCC(OC(=O)C3CCC(CC4CCCCC4)CC3C(=O)O)CC2)CC1. The molecule has 0 aromatic heterocycles. The van der Waals surface area contributed by atoms with Crippen LogP contribution in [0, 0.1) is 59.2 Å². The maximum absolute atomic E-state index is 13.2. The van der Waals surface area contributed by atoms with Gasteiger partial charge in [-0.2, -0.15) is 0 Å². The van der Waals surface area contributed by atoms with Crippen molar-refractivity contribution < 1.29 is 53.3 Å². The van der Waals surface area contributed by atoms with Gasteiger partial charge in [-0.25, -0.2) is 9.78 Å². The van der Waals surface area contributed by atoms with E-state index in [0.29, 0.717) is 76.2 Å². The third-order valence-electron chi connectivity index (χ3n) is 16.2. The second-order valence-corrected chi connectivity index (χ2v) is 20.6. The molecule has 6 atom stereocenters. The molecule has 0 heterocycles. The molecule has 61 heavy (non-hydrogen) atoms. The number of hydrogen-bond donors (Lipinski definition) is 2. The predicted octanol–water partition coefficient (Wildman–Crippen LogP) is 10.6. The highest BCUT2D eigenvalue weighted by atomic mass is 17.2. The quantitative estimate of drug-likeness (QED) is 0.0414. The zero-order chi connectivity index (χ0) is 42.7. The number of carboxylic acids is 2. The van der Waals surface area contributed by atoms with E-state index in [1.807, 2.05) is 0 Å². The highest BCUT2D eigenvalue weighted by Gasteiger charge is 2.42. The van der Waals surface area contributed by atoms with Crippen LogP contribution in [-0.2, 0) is 43.1 Å². The molecule has 0 aromatic rings. The molecule has 0 amide bonds. The van der Waals surface area contributed by atoms with E-state index in [2.05, 4.69) is 0 Å². The van der Waals surface area contributed by atoms with E-state index in [4.69, 9.17) is 28.7 Å². The maximum atomic E-state index is 13.2. The molecule has 350 valence electrons. The van der Waals surface area contributed by atoms with Crippen molar-refractivity contribution in [1.82, 2.24) is 0 Å². The van der Waals surface area contributed by atoms with Crippen LogP contribution in [0.15, 0.2) is 0 Å². The van der Waals surface area contributed by atoms with Crippen molar-refractivity contribution in [1.29, 1.82) is 0 Å². The van der Waals surface area contributed by atoms with Gasteiger partial charge in [0.15, 0.2) is 0 Å². The second-order valence-electron chi connectivity index (χ2n) is 20.6. The molecule has 6 aliphatic carbocycles. The smallest absolute Gasteiger partial charge is 0.310 e. The minimum absolute atomic E-state index is 0.0440. The highest BCUT2D eigenvalue weighted by molar-refractivity contribution is 5.81. The summed E-state index contributed by atoms with van der Waals surface area (Å²) in [6.45, 7) is 4.08. The van der Waals surface area contributed by atoms with Crippen LogP contribution in [0.4, 0.5) is 0 Å². The van der Waals surface area contributed by atoms with Gasteiger partial charge >= 0.3 is 17.9 Å². The summed E-state index contributed by atoms with van der Waals surface area (Å²) in [5.74, 6) is 0.535. The first-order chi connectivity index (χ1) is 29.8. The third kappa shape index (κ3) is 16.9. The lowest BCUT2D eigenvalue weighted by molar-refractivity contribution is -0.337. The fraction of sp³-hybridized carbons (Fsp3) is 0.940. The lowest BCUT2D eigenvalue weighted by atomic mass is 9.70. The molecule has 0 saturated heterocycles. The molecular weight excluding hydrogens is 777 g/mol. The largest absolute Gasteiger partial charge is 0.481 e. The molecule has 0 aromatic carbocycles. The molecule has 0 radical (unpaired) electrons. The summed E-state index contributed by atoms with van der Waals surface area (Å²) in [6, 6.07) is 0. The molecule has 0 aliphatic heterocycles. The van der Waals surface area contributed by atoms with Crippen LogP contribution < -0.4 is 0 Å². The molecular formula is C50H84O11. The summed E-state index contributed by atoms with van der Waals surface area (Å²) in [4.78, 5) is 49.0. The van der Waals surface area contributed by atoms with E-state index in [-0.39, 0.29) is 30.0 Å². The maximum Gasteiger partial charge on any atom is 0.310 e. The average Bonchev–Trinajstić information content (AvgIpc) is 3.27. The van der Waals surface area contributed by atoms with Crippen LogP contribution in [0.1, 0.15) is 180 Å². The topological polar surface area (TPSA) is 147 Å². The van der Waals surface area contributed by atoms with E-state index in [0.717, 1.165) is 115 Å². The Morgan fingerprint density at radius 1 is 0.426 bits per heavy atom. The summed E-state index contributed by atoms with van der Waals surface area (Å²) in [5, 5.41) is 20.0. The van der Waals surface area contributed by atoms with Gasteiger partial charge in [-0.1, -0.05) is 70.6 Å². The minimum Gasteiger partial charge on any atom is -0.481 e. The van der Waals surface area contributed by atoms with Crippen molar-refractivity contribution in [3.8, 4) is 0 Å². The Morgan fingerprint density at radius 2 is 0.885 bits per heavy atom.